The van der Waals surface area contributed by atoms with Crippen LogP contribution >= 0.6 is 0 Å². The van der Waals surface area contributed by atoms with Gasteiger partial charge in [-0.1, -0.05) is 66.0 Å². The Morgan fingerprint density at radius 3 is 1.44 bits per heavy atom. The van der Waals surface area contributed by atoms with E-state index in [1.807, 2.05) is 55.4 Å². The summed E-state index contributed by atoms with van der Waals surface area (Å²) >= 11 is 0. The first-order valence-corrected chi connectivity index (χ1v) is 6.44. The van der Waals surface area contributed by atoms with Crippen LogP contribution in [0.5, 0.6) is 0 Å². The first kappa shape index (κ1) is 20.5. The van der Waals surface area contributed by atoms with Crippen molar-refractivity contribution >= 4 is 18.4 Å². The number of nitrogens with one attached hydrogen (secondary N) is 1. The van der Waals surface area contributed by atoms with Crippen molar-refractivity contribution < 1.29 is 0 Å². The smallest absolute Gasteiger partial charge is 0.148 e. The molecule has 2 heteroatoms. The molecular weight excluding hydrogens is 193 g/mol. The molecule has 0 heterocycles. The molecule has 0 spiro atoms. The third kappa shape index (κ3) is 11.2. The van der Waals surface area contributed by atoms with Crippen LogP contribution < -0.4 is 10.8 Å². The number of hydrogen-bond donors (Lipinski definition) is 1. The van der Waals surface area contributed by atoms with Crippen LogP contribution in [-0.4, -0.2) is 14.3 Å². The van der Waals surface area contributed by atoms with Gasteiger partial charge in [0.2, 0.25) is 0 Å². The zero-order chi connectivity index (χ0) is 13.4. The highest BCUT2D eigenvalue weighted by atomic mass is 14.8. The molecule has 0 bridgehead atoms. The minimum atomic E-state index is 1.16. The second-order valence-electron chi connectivity index (χ2n) is 2.16. The van der Waals surface area contributed by atoms with Gasteiger partial charge in [-0.25, -0.2) is 0 Å². The maximum atomic E-state index is 3.06. The SMILES string of the molecule is CC.CC.CC.C[B]c1ccc(NC)cc1. The lowest BCUT2D eigenvalue weighted by Gasteiger charge is -1.99. The largest absolute Gasteiger partial charge is 0.388 e. The quantitative estimate of drug-likeness (QED) is 0.740. The van der Waals surface area contributed by atoms with Crippen LogP contribution in [0.15, 0.2) is 24.3 Å². The van der Waals surface area contributed by atoms with Crippen LogP contribution in [0.3, 0.4) is 0 Å². The van der Waals surface area contributed by atoms with Crippen LogP contribution in [0, 0.1) is 0 Å². The fourth-order valence-corrected chi connectivity index (χ4v) is 0.842. The monoisotopic (exact) mass is 222 g/mol. The molecule has 1 rings (SSSR count). The summed E-state index contributed by atoms with van der Waals surface area (Å²) in [6.07, 6.45) is 0. The van der Waals surface area contributed by atoms with Crippen LogP contribution in [0.4, 0.5) is 5.69 Å². The molecule has 0 saturated heterocycles. The second-order valence-corrected chi connectivity index (χ2v) is 2.16. The fourth-order valence-electron chi connectivity index (χ4n) is 0.842. The van der Waals surface area contributed by atoms with Gasteiger partial charge in [0.25, 0.3) is 0 Å². The summed E-state index contributed by atoms with van der Waals surface area (Å²) in [4.78, 5) is 0. The molecule has 1 aromatic carbocycles. The zero-order valence-corrected chi connectivity index (χ0v) is 12.4. The molecule has 0 aliphatic heterocycles. The van der Waals surface area contributed by atoms with Crippen molar-refractivity contribution in [2.75, 3.05) is 12.4 Å². The molecule has 0 aromatic heterocycles. The highest BCUT2D eigenvalue weighted by Gasteiger charge is 1.88. The molecule has 93 valence electrons. The third-order valence-electron chi connectivity index (χ3n) is 1.53. The minimum Gasteiger partial charge on any atom is -0.388 e. The summed E-state index contributed by atoms with van der Waals surface area (Å²) < 4.78 is 0. The number of hydrogen-bond acceptors (Lipinski definition) is 1. The Labute approximate surface area is 104 Å². The summed E-state index contributed by atoms with van der Waals surface area (Å²) in [5, 5.41) is 3.06. The highest BCUT2D eigenvalue weighted by Crippen LogP contribution is 2.00. The van der Waals surface area contributed by atoms with Gasteiger partial charge < -0.3 is 5.32 Å². The topological polar surface area (TPSA) is 12.0 Å². The Morgan fingerprint density at radius 2 is 1.19 bits per heavy atom. The lowest BCUT2D eigenvalue weighted by Crippen LogP contribution is -2.08. The van der Waals surface area contributed by atoms with Gasteiger partial charge in [0.15, 0.2) is 0 Å². The van der Waals surface area contributed by atoms with Crippen molar-refractivity contribution in [1.82, 2.24) is 0 Å². The van der Waals surface area contributed by atoms with E-state index in [2.05, 4.69) is 36.9 Å². The van der Waals surface area contributed by atoms with Gasteiger partial charge in [-0.3, -0.25) is 0 Å². The molecule has 0 amide bonds. The average molecular weight is 222 g/mol. The molecule has 16 heavy (non-hydrogen) atoms. The Bertz CT molecular complexity index is 171. The maximum Gasteiger partial charge on any atom is 0.148 e. The van der Waals surface area contributed by atoms with Crippen molar-refractivity contribution in [1.29, 1.82) is 0 Å². The van der Waals surface area contributed by atoms with E-state index in [1.54, 1.807) is 0 Å². The molecule has 1 aromatic rings. The van der Waals surface area contributed by atoms with Crippen molar-refractivity contribution in [3.8, 4) is 0 Å². The van der Waals surface area contributed by atoms with Gasteiger partial charge in [0.05, 0.1) is 0 Å². The first-order valence-electron chi connectivity index (χ1n) is 6.44. The highest BCUT2D eigenvalue weighted by molar-refractivity contribution is 6.51. The average Bonchev–Trinajstić information content (AvgIpc) is 2.45. The van der Waals surface area contributed by atoms with Gasteiger partial charge in [0.1, 0.15) is 7.28 Å². The Morgan fingerprint density at radius 1 is 0.812 bits per heavy atom. The van der Waals surface area contributed by atoms with Crippen LogP contribution in [-0.2, 0) is 0 Å². The van der Waals surface area contributed by atoms with E-state index in [4.69, 9.17) is 0 Å². The number of benzene rings is 1. The summed E-state index contributed by atoms with van der Waals surface area (Å²) in [5.74, 6) is 0. The summed E-state index contributed by atoms with van der Waals surface area (Å²) in [5.41, 5.74) is 2.42. The van der Waals surface area contributed by atoms with E-state index in [1.165, 1.54) is 5.46 Å². The lowest BCUT2D eigenvalue weighted by molar-refractivity contribution is 1.50. The molecule has 1 N–H and O–H groups in total. The zero-order valence-electron chi connectivity index (χ0n) is 12.4. The fraction of sp³-hybridized carbons (Fsp3) is 0.571. The summed E-state index contributed by atoms with van der Waals surface area (Å²) in [7, 11) is 4.00. The van der Waals surface area contributed by atoms with Crippen molar-refractivity contribution in [3.05, 3.63) is 24.3 Å². The molecular formula is C14H29BN. The molecule has 0 unspecified atom stereocenters. The molecule has 1 radical (unpaired) electrons. The van der Waals surface area contributed by atoms with Gasteiger partial charge in [-0.05, 0) is 12.1 Å². The molecule has 0 saturated carbocycles. The minimum absolute atomic E-state index is 1.16. The Hall–Kier alpha value is -0.915. The Balaban J connectivity index is -0.000000245. The van der Waals surface area contributed by atoms with Gasteiger partial charge in [-0.2, -0.15) is 0 Å². The predicted molar refractivity (Wildman–Crippen MR) is 81.3 cm³/mol. The van der Waals surface area contributed by atoms with Crippen LogP contribution in [0.1, 0.15) is 41.5 Å². The van der Waals surface area contributed by atoms with E-state index in [-0.39, 0.29) is 0 Å². The molecule has 0 aliphatic carbocycles. The standard InChI is InChI=1S/C8H11BN.3C2H6/c1-9-7-3-5-8(10-2)6-4-7;3*1-2/h3-6,10H,1-2H3;3*1-2H3. The molecule has 1 nitrogen and oxygen atoms in total. The van der Waals surface area contributed by atoms with Crippen molar-refractivity contribution in [2.24, 2.45) is 0 Å². The second kappa shape index (κ2) is 19.6. The first-order chi connectivity index (χ1) is 7.86. The van der Waals surface area contributed by atoms with Crippen LogP contribution in [0.2, 0.25) is 6.82 Å². The van der Waals surface area contributed by atoms with E-state index >= 15 is 0 Å². The molecule has 0 fully saturated rings. The van der Waals surface area contributed by atoms with E-state index in [0.29, 0.717) is 0 Å². The lowest BCUT2D eigenvalue weighted by atomic mass is 9.73. The van der Waals surface area contributed by atoms with Gasteiger partial charge in [-0.15, -0.1) is 0 Å². The predicted octanol–water partition coefficient (Wildman–Crippen LogP) is 4.18. The van der Waals surface area contributed by atoms with Gasteiger partial charge in [0, 0.05) is 12.7 Å². The van der Waals surface area contributed by atoms with E-state index in [0.717, 1.165) is 5.69 Å². The maximum absolute atomic E-state index is 3.06. The number of rotatable bonds is 2. The van der Waals surface area contributed by atoms with E-state index < -0.39 is 0 Å². The number of anilines is 1. The third-order valence-corrected chi connectivity index (χ3v) is 1.53. The summed E-state index contributed by atoms with van der Waals surface area (Å²) in [6, 6.07) is 8.31. The normalized spacial score (nSPS) is 6.75. The summed E-state index contributed by atoms with van der Waals surface area (Å²) in [6.45, 7) is 14.0. The Kier molecular flexibility index (Phi) is 25.1. The molecule has 0 aliphatic rings. The van der Waals surface area contributed by atoms with E-state index in [9.17, 15) is 0 Å². The van der Waals surface area contributed by atoms with Crippen molar-refractivity contribution in [2.45, 2.75) is 48.4 Å². The van der Waals surface area contributed by atoms with Crippen LogP contribution in [0.25, 0.3) is 0 Å². The van der Waals surface area contributed by atoms with Crippen molar-refractivity contribution in [3.63, 3.8) is 0 Å². The van der Waals surface area contributed by atoms with Gasteiger partial charge >= 0.3 is 0 Å². The molecule has 0 atom stereocenters.